The molecule has 0 saturated heterocycles. The normalized spacial score (nSPS) is 11.2. The predicted molar refractivity (Wildman–Crippen MR) is 94.0 cm³/mol. The molecule has 110 valence electrons. The lowest BCUT2D eigenvalue weighted by molar-refractivity contribution is 0.864. The molecule has 0 unspecified atom stereocenters. The van der Waals surface area contributed by atoms with Crippen molar-refractivity contribution in [3.05, 3.63) is 76.2 Å². The summed E-state index contributed by atoms with van der Waals surface area (Å²) >= 11 is 5.34. The maximum Gasteiger partial charge on any atom is 0.198 e. The van der Waals surface area contributed by atoms with Crippen LogP contribution in [-0.4, -0.2) is 15.9 Å². The molecule has 0 amide bonds. The van der Waals surface area contributed by atoms with E-state index in [1.54, 1.807) is 4.68 Å². The van der Waals surface area contributed by atoms with Crippen LogP contribution in [0.3, 0.4) is 0 Å². The molecule has 1 N–H and O–H groups in total. The van der Waals surface area contributed by atoms with Crippen LogP contribution in [0.2, 0.25) is 0 Å². The van der Waals surface area contributed by atoms with Gasteiger partial charge >= 0.3 is 0 Å². The first-order valence-electron chi connectivity index (χ1n) is 7.12. The highest BCUT2D eigenvalue weighted by Crippen LogP contribution is 2.17. The molecule has 0 aliphatic heterocycles. The maximum absolute atomic E-state index is 5.34. The van der Waals surface area contributed by atoms with Gasteiger partial charge in [-0.15, -0.1) is 0 Å². The minimum absolute atomic E-state index is 0.584. The number of aromatic amines is 1. The highest BCUT2D eigenvalue weighted by Gasteiger charge is 2.02. The Morgan fingerprint density at radius 1 is 1.09 bits per heavy atom. The molecule has 0 aliphatic carbocycles. The molecule has 3 nitrogen and oxygen atoms in total. The van der Waals surface area contributed by atoms with E-state index in [0.29, 0.717) is 4.77 Å². The summed E-state index contributed by atoms with van der Waals surface area (Å²) in [5.74, 6) is 0. The second-order valence-corrected chi connectivity index (χ2v) is 5.67. The first kappa shape index (κ1) is 14.5. The van der Waals surface area contributed by atoms with Crippen molar-refractivity contribution < 1.29 is 0 Å². The average Bonchev–Trinajstić information content (AvgIpc) is 2.90. The molecule has 1 aromatic heterocycles. The van der Waals surface area contributed by atoms with Gasteiger partial charge < -0.3 is 4.98 Å². The van der Waals surface area contributed by atoms with Crippen LogP contribution < -0.4 is 0 Å². The minimum Gasteiger partial charge on any atom is -0.329 e. The van der Waals surface area contributed by atoms with Gasteiger partial charge in [-0.3, -0.25) is 0 Å². The Morgan fingerprint density at radius 2 is 1.86 bits per heavy atom. The van der Waals surface area contributed by atoms with Crippen LogP contribution >= 0.6 is 12.2 Å². The molecule has 3 aromatic rings. The third-order valence-corrected chi connectivity index (χ3v) is 3.83. The number of nitrogens with one attached hydrogen (secondary N) is 1. The van der Waals surface area contributed by atoms with Gasteiger partial charge in [0.05, 0.1) is 18.1 Å². The van der Waals surface area contributed by atoms with Crippen molar-refractivity contribution in [1.29, 1.82) is 0 Å². The largest absolute Gasteiger partial charge is 0.329 e. The average molecular weight is 307 g/mol. The van der Waals surface area contributed by atoms with E-state index in [9.17, 15) is 0 Å². The van der Waals surface area contributed by atoms with Crippen LogP contribution in [0, 0.1) is 18.6 Å². The van der Waals surface area contributed by atoms with Gasteiger partial charge in [-0.25, -0.2) is 4.68 Å². The van der Waals surface area contributed by atoms with Gasteiger partial charge in [0.15, 0.2) is 4.77 Å². The van der Waals surface area contributed by atoms with Gasteiger partial charge in [-0.1, -0.05) is 54.1 Å². The molecule has 2 aromatic carbocycles. The Kier molecular flexibility index (Phi) is 4.02. The summed E-state index contributed by atoms with van der Waals surface area (Å²) in [6.07, 6.45) is 3.76. The molecular weight excluding hydrogens is 290 g/mol. The van der Waals surface area contributed by atoms with Gasteiger partial charge in [0.1, 0.15) is 0 Å². The summed E-state index contributed by atoms with van der Waals surface area (Å²) < 4.78 is 2.28. The fourth-order valence-corrected chi connectivity index (χ4v) is 2.47. The highest BCUT2D eigenvalue weighted by atomic mass is 32.1. The van der Waals surface area contributed by atoms with E-state index >= 15 is 0 Å². The SMILES string of the molecule is Cc1ccc(C)c(/C=N\n2cc(-c3ccccc3)[nH]c2=S)c1. The van der Waals surface area contributed by atoms with Crippen molar-refractivity contribution in [2.75, 3.05) is 0 Å². The Hall–Kier alpha value is -2.46. The van der Waals surface area contributed by atoms with Crippen molar-refractivity contribution in [3.63, 3.8) is 0 Å². The third-order valence-electron chi connectivity index (χ3n) is 3.54. The quantitative estimate of drug-likeness (QED) is 0.551. The van der Waals surface area contributed by atoms with Gasteiger partial charge in [0, 0.05) is 0 Å². The first-order chi connectivity index (χ1) is 10.6. The van der Waals surface area contributed by atoms with Crippen LogP contribution in [0.5, 0.6) is 0 Å². The summed E-state index contributed by atoms with van der Waals surface area (Å²) in [5.41, 5.74) is 5.57. The van der Waals surface area contributed by atoms with Crippen LogP contribution in [0.25, 0.3) is 11.3 Å². The van der Waals surface area contributed by atoms with E-state index in [1.807, 2.05) is 42.7 Å². The zero-order valence-corrected chi connectivity index (χ0v) is 13.4. The van der Waals surface area contributed by atoms with Crippen molar-refractivity contribution in [1.82, 2.24) is 9.66 Å². The fraction of sp³-hybridized carbons (Fsp3) is 0.111. The summed E-state index contributed by atoms with van der Waals surface area (Å²) in [6, 6.07) is 16.4. The minimum atomic E-state index is 0.584. The van der Waals surface area contributed by atoms with Crippen molar-refractivity contribution in [2.45, 2.75) is 13.8 Å². The number of aromatic nitrogens is 2. The smallest absolute Gasteiger partial charge is 0.198 e. The fourth-order valence-electron chi connectivity index (χ4n) is 2.26. The van der Waals surface area contributed by atoms with E-state index in [1.165, 1.54) is 11.1 Å². The molecule has 0 spiro atoms. The van der Waals surface area contributed by atoms with Gasteiger partial charge in [0.25, 0.3) is 0 Å². The standard InChI is InChI=1S/C18H17N3S/c1-13-8-9-14(2)16(10-13)11-19-21-12-17(20-18(21)22)15-6-4-3-5-7-15/h3-12H,1-2H3,(H,20,22)/b19-11-. The molecule has 0 aliphatic rings. The first-order valence-corrected chi connectivity index (χ1v) is 7.53. The number of hydrogen-bond donors (Lipinski definition) is 1. The van der Waals surface area contributed by atoms with Crippen LogP contribution in [0.4, 0.5) is 0 Å². The van der Waals surface area contributed by atoms with Crippen molar-refractivity contribution in [3.8, 4) is 11.3 Å². The number of imidazole rings is 1. The highest BCUT2D eigenvalue weighted by molar-refractivity contribution is 7.71. The number of hydrogen-bond acceptors (Lipinski definition) is 2. The zero-order valence-electron chi connectivity index (χ0n) is 12.6. The molecule has 1 heterocycles. The number of rotatable bonds is 3. The second kappa shape index (κ2) is 6.12. The van der Waals surface area contributed by atoms with E-state index in [2.05, 4.69) is 42.1 Å². The van der Waals surface area contributed by atoms with E-state index in [-0.39, 0.29) is 0 Å². The molecule has 0 radical (unpaired) electrons. The maximum atomic E-state index is 5.34. The van der Waals surface area contributed by atoms with E-state index < -0.39 is 0 Å². The number of aryl methyl sites for hydroxylation is 2. The van der Waals surface area contributed by atoms with Crippen LogP contribution in [0.15, 0.2) is 59.8 Å². The third kappa shape index (κ3) is 3.07. The molecule has 0 fully saturated rings. The van der Waals surface area contributed by atoms with Gasteiger partial charge in [-0.2, -0.15) is 5.10 Å². The van der Waals surface area contributed by atoms with Crippen molar-refractivity contribution in [2.24, 2.45) is 5.10 Å². The Bertz CT molecular complexity index is 873. The zero-order chi connectivity index (χ0) is 15.5. The van der Waals surface area contributed by atoms with E-state index in [4.69, 9.17) is 12.2 Å². The topological polar surface area (TPSA) is 33.1 Å². The number of H-pyrrole nitrogens is 1. The van der Waals surface area contributed by atoms with E-state index in [0.717, 1.165) is 16.8 Å². The molecular formula is C18H17N3S. The Balaban J connectivity index is 1.93. The predicted octanol–water partition coefficient (Wildman–Crippen LogP) is 4.71. The molecule has 0 atom stereocenters. The molecule has 4 heteroatoms. The lowest BCUT2D eigenvalue weighted by atomic mass is 10.1. The van der Waals surface area contributed by atoms with Gasteiger partial charge in [-0.05, 0) is 42.8 Å². The molecule has 3 rings (SSSR count). The Labute approximate surface area is 135 Å². The lowest BCUT2D eigenvalue weighted by Gasteiger charge is -2.01. The molecule has 22 heavy (non-hydrogen) atoms. The summed E-state index contributed by atoms with van der Waals surface area (Å²) in [7, 11) is 0. The lowest BCUT2D eigenvalue weighted by Crippen LogP contribution is -1.92. The Morgan fingerprint density at radius 3 is 2.64 bits per heavy atom. The molecule has 0 saturated carbocycles. The van der Waals surface area contributed by atoms with Crippen LogP contribution in [-0.2, 0) is 0 Å². The molecule has 0 bridgehead atoms. The van der Waals surface area contributed by atoms with Crippen LogP contribution in [0.1, 0.15) is 16.7 Å². The van der Waals surface area contributed by atoms with Crippen molar-refractivity contribution >= 4 is 18.4 Å². The summed E-state index contributed by atoms with van der Waals surface area (Å²) in [5, 5.41) is 4.48. The summed E-state index contributed by atoms with van der Waals surface area (Å²) in [6.45, 7) is 4.15. The van der Waals surface area contributed by atoms with Gasteiger partial charge in [0.2, 0.25) is 0 Å². The second-order valence-electron chi connectivity index (χ2n) is 5.29. The number of nitrogens with zero attached hydrogens (tertiary/aromatic N) is 2. The number of benzene rings is 2. The summed E-state index contributed by atoms with van der Waals surface area (Å²) in [4.78, 5) is 3.19. The monoisotopic (exact) mass is 307 g/mol.